The molecule has 0 aliphatic carbocycles. The van der Waals surface area contributed by atoms with Gasteiger partial charge in [0.1, 0.15) is 5.75 Å². The summed E-state index contributed by atoms with van der Waals surface area (Å²) in [5.41, 5.74) is 1.84. The van der Waals surface area contributed by atoms with Crippen molar-refractivity contribution in [3.63, 3.8) is 0 Å². The quantitative estimate of drug-likeness (QED) is 0.762. The number of aryl methyl sites for hydroxylation is 2. The fraction of sp³-hybridized carbons (Fsp3) is 0.375. The predicted octanol–water partition coefficient (Wildman–Crippen LogP) is 1.81. The van der Waals surface area contributed by atoms with Crippen molar-refractivity contribution in [3.05, 3.63) is 22.5 Å². The molecule has 2 rings (SSSR count). The average Bonchev–Trinajstić information content (AvgIpc) is 2.54. The van der Waals surface area contributed by atoms with Crippen molar-refractivity contribution in [3.8, 4) is 0 Å². The van der Waals surface area contributed by atoms with Gasteiger partial charge in [-0.3, -0.25) is 4.40 Å². The molecule has 2 aromatic rings. The Labute approximate surface area is 90.6 Å². The van der Waals surface area contributed by atoms with Crippen molar-refractivity contribution in [2.45, 2.75) is 19.6 Å². The normalized spacial score (nSPS) is 12.5. The van der Waals surface area contributed by atoms with Crippen LogP contribution in [-0.2, 0) is 16.0 Å². The Balaban J connectivity index is 2.67. The first kappa shape index (κ1) is 10.6. The summed E-state index contributed by atoms with van der Waals surface area (Å²) < 4.78 is 35.6. The second-order valence-corrected chi connectivity index (χ2v) is 5.53. The molecule has 0 amide bonds. The molecule has 2 heterocycles. The maximum absolute atomic E-state index is 12.6. The van der Waals surface area contributed by atoms with Crippen LogP contribution in [0.3, 0.4) is 0 Å². The van der Waals surface area contributed by atoms with Gasteiger partial charge in [-0.15, -0.1) is 15.2 Å². The predicted molar refractivity (Wildman–Crippen MR) is 56.3 cm³/mol. The number of rotatable bonds is 2. The standard InChI is InChI=1S/C8H9FN2O2S2/c1-5-3-14-8-10-6(2)7(11(5)8)4-15(9,12)13/h3H,4H2,1-2H3. The summed E-state index contributed by atoms with van der Waals surface area (Å²) in [5.74, 6) is -0.614. The van der Waals surface area contributed by atoms with E-state index in [0.29, 0.717) is 16.3 Å². The van der Waals surface area contributed by atoms with Gasteiger partial charge in [-0.1, -0.05) is 0 Å². The molecule has 0 spiro atoms. The molecule has 2 aromatic heterocycles. The third-order valence-electron chi connectivity index (χ3n) is 2.14. The van der Waals surface area contributed by atoms with Crippen LogP contribution in [0.2, 0.25) is 0 Å². The van der Waals surface area contributed by atoms with Crippen molar-refractivity contribution >= 4 is 26.5 Å². The zero-order chi connectivity index (χ0) is 11.2. The minimum absolute atomic E-state index is 0.409. The topological polar surface area (TPSA) is 51.4 Å². The molecule has 0 saturated carbocycles. The van der Waals surface area contributed by atoms with Crippen LogP contribution in [0.25, 0.3) is 4.96 Å². The van der Waals surface area contributed by atoms with Crippen LogP contribution in [0.1, 0.15) is 17.1 Å². The summed E-state index contributed by atoms with van der Waals surface area (Å²) in [7, 11) is -4.51. The molecule has 15 heavy (non-hydrogen) atoms. The summed E-state index contributed by atoms with van der Waals surface area (Å²) in [4.78, 5) is 4.87. The molecule has 0 aromatic carbocycles. The van der Waals surface area contributed by atoms with Gasteiger partial charge in [0.2, 0.25) is 0 Å². The number of aromatic nitrogens is 2. The lowest BCUT2D eigenvalue weighted by molar-refractivity contribution is 0.550. The van der Waals surface area contributed by atoms with E-state index in [2.05, 4.69) is 4.98 Å². The van der Waals surface area contributed by atoms with Crippen molar-refractivity contribution in [1.29, 1.82) is 0 Å². The smallest absolute Gasteiger partial charge is 0.291 e. The molecule has 0 unspecified atom stereocenters. The number of thiazole rings is 1. The van der Waals surface area contributed by atoms with Crippen molar-refractivity contribution in [2.75, 3.05) is 0 Å². The van der Waals surface area contributed by atoms with Gasteiger partial charge >= 0.3 is 10.2 Å². The molecule has 0 atom stereocenters. The van der Waals surface area contributed by atoms with E-state index in [1.807, 2.05) is 12.3 Å². The molecule has 0 bridgehead atoms. The number of nitrogens with zero attached hydrogens (tertiary/aromatic N) is 2. The molecular weight excluding hydrogens is 239 g/mol. The van der Waals surface area contributed by atoms with E-state index in [1.165, 1.54) is 11.3 Å². The minimum Gasteiger partial charge on any atom is -0.291 e. The average molecular weight is 248 g/mol. The van der Waals surface area contributed by atoms with Gasteiger partial charge in [-0.05, 0) is 13.8 Å². The molecule has 82 valence electrons. The fourth-order valence-electron chi connectivity index (χ4n) is 1.50. The Morgan fingerprint density at radius 3 is 2.80 bits per heavy atom. The van der Waals surface area contributed by atoms with Crippen LogP contribution >= 0.6 is 11.3 Å². The third kappa shape index (κ3) is 1.89. The number of fused-ring (bicyclic) bond motifs is 1. The van der Waals surface area contributed by atoms with Crippen molar-refractivity contribution in [2.24, 2.45) is 0 Å². The first-order valence-electron chi connectivity index (χ1n) is 4.23. The van der Waals surface area contributed by atoms with Crippen LogP contribution in [0.5, 0.6) is 0 Å². The van der Waals surface area contributed by atoms with Gasteiger partial charge in [-0.25, -0.2) is 4.98 Å². The van der Waals surface area contributed by atoms with Crippen LogP contribution in [0.15, 0.2) is 5.38 Å². The largest absolute Gasteiger partial charge is 0.308 e. The highest BCUT2D eigenvalue weighted by atomic mass is 32.3. The second kappa shape index (κ2) is 3.28. The number of halogens is 1. The second-order valence-electron chi connectivity index (χ2n) is 3.32. The molecule has 0 fully saturated rings. The van der Waals surface area contributed by atoms with E-state index in [0.717, 1.165) is 5.69 Å². The zero-order valence-electron chi connectivity index (χ0n) is 8.19. The molecule has 7 heteroatoms. The Bertz CT molecular complexity index is 612. The number of hydrogen-bond donors (Lipinski definition) is 0. The first-order chi connectivity index (χ1) is 6.88. The Morgan fingerprint density at radius 1 is 1.53 bits per heavy atom. The molecular formula is C8H9FN2O2S2. The summed E-state index contributed by atoms with van der Waals surface area (Å²) in [6.07, 6.45) is 0. The molecule has 0 radical (unpaired) electrons. The van der Waals surface area contributed by atoms with Gasteiger partial charge in [0, 0.05) is 11.1 Å². The van der Waals surface area contributed by atoms with Crippen molar-refractivity contribution < 1.29 is 12.3 Å². The Hall–Kier alpha value is -0.950. The highest BCUT2D eigenvalue weighted by Crippen LogP contribution is 2.22. The summed E-state index contributed by atoms with van der Waals surface area (Å²) in [6.45, 7) is 3.51. The Morgan fingerprint density at radius 2 is 2.20 bits per heavy atom. The molecule has 0 saturated heterocycles. The van der Waals surface area contributed by atoms with E-state index in [9.17, 15) is 12.3 Å². The van der Waals surface area contributed by atoms with Gasteiger partial charge in [-0.2, -0.15) is 8.42 Å². The van der Waals surface area contributed by atoms with E-state index >= 15 is 0 Å². The third-order valence-corrected chi connectivity index (χ3v) is 3.70. The van der Waals surface area contributed by atoms with Crippen LogP contribution in [0.4, 0.5) is 3.89 Å². The Kier molecular flexibility index (Phi) is 2.31. The lowest BCUT2D eigenvalue weighted by Gasteiger charge is -1.98. The van der Waals surface area contributed by atoms with Gasteiger partial charge < -0.3 is 0 Å². The van der Waals surface area contributed by atoms with Crippen LogP contribution in [0, 0.1) is 13.8 Å². The highest BCUT2D eigenvalue weighted by Gasteiger charge is 2.18. The maximum atomic E-state index is 12.6. The van der Waals surface area contributed by atoms with Crippen LogP contribution < -0.4 is 0 Å². The summed E-state index contributed by atoms with van der Waals surface area (Å²) >= 11 is 1.41. The van der Waals surface area contributed by atoms with Gasteiger partial charge in [0.15, 0.2) is 4.96 Å². The molecule has 0 aliphatic heterocycles. The van der Waals surface area contributed by atoms with Crippen molar-refractivity contribution in [1.82, 2.24) is 9.38 Å². The lowest BCUT2D eigenvalue weighted by atomic mass is 10.4. The van der Waals surface area contributed by atoms with E-state index in [-0.39, 0.29) is 0 Å². The lowest BCUT2D eigenvalue weighted by Crippen LogP contribution is -2.02. The van der Waals surface area contributed by atoms with Gasteiger partial charge in [0.25, 0.3) is 0 Å². The molecule has 0 aliphatic rings. The van der Waals surface area contributed by atoms with E-state index in [1.54, 1.807) is 11.3 Å². The molecule has 0 N–H and O–H groups in total. The number of imidazole rings is 1. The summed E-state index contributed by atoms with van der Waals surface area (Å²) in [6, 6.07) is 0. The monoisotopic (exact) mass is 248 g/mol. The van der Waals surface area contributed by atoms with E-state index < -0.39 is 16.0 Å². The molecule has 4 nitrogen and oxygen atoms in total. The maximum Gasteiger partial charge on any atom is 0.308 e. The minimum atomic E-state index is -4.51. The van der Waals surface area contributed by atoms with Gasteiger partial charge in [0.05, 0.1) is 11.4 Å². The highest BCUT2D eigenvalue weighted by molar-refractivity contribution is 7.85. The fourth-order valence-corrected chi connectivity index (χ4v) is 3.10. The van der Waals surface area contributed by atoms with Crippen LogP contribution in [-0.4, -0.2) is 17.8 Å². The SMILES string of the molecule is Cc1nc2scc(C)n2c1CS(=O)(=O)F. The summed E-state index contributed by atoms with van der Waals surface area (Å²) in [5, 5.41) is 1.86. The number of hydrogen-bond acceptors (Lipinski definition) is 4. The zero-order valence-corrected chi connectivity index (χ0v) is 9.82. The first-order valence-corrected chi connectivity index (χ1v) is 6.66. The van der Waals surface area contributed by atoms with E-state index in [4.69, 9.17) is 0 Å².